The van der Waals surface area contributed by atoms with E-state index in [9.17, 15) is 4.79 Å². The minimum absolute atomic E-state index is 0.0311. The van der Waals surface area contributed by atoms with Crippen molar-refractivity contribution in [1.29, 1.82) is 0 Å². The number of hydrogen-bond donors (Lipinski definition) is 1. The molecule has 0 spiro atoms. The molecule has 2 N–H and O–H groups in total. The number of piperidine rings is 1. The summed E-state index contributed by atoms with van der Waals surface area (Å²) >= 11 is 0. The van der Waals surface area contributed by atoms with Crippen LogP contribution in [0.2, 0.25) is 0 Å². The summed E-state index contributed by atoms with van der Waals surface area (Å²) in [5.74, 6) is 0.774. The zero-order valence-electron chi connectivity index (χ0n) is 14.1. The quantitative estimate of drug-likeness (QED) is 0.919. The molecule has 0 atom stereocenters. The zero-order chi connectivity index (χ0) is 16.9. The predicted octanol–water partition coefficient (Wildman–Crippen LogP) is 3.06. The first-order valence-corrected chi connectivity index (χ1v) is 8.41. The Morgan fingerprint density at radius 1 is 1.12 bits per heavy atom. The largest absolute Gasteiger partial charge is 0.496 e. The number of nitrogens with zero attached hydrogens (tertiary/aromatic N) is 1. The molecule has 1 aliphatic heterocycles. The fourth-order valence-corrected chi connectivity index (χ4v) is 3.30. The summed E-state index contributed by atoms with van der Waals surface area (Å²) in [6.07, 6.45) is 1.69. The molecule has 2 aromatic rings. The van der Waals surface area contributed by atoms with Crippen LogP contribution in [0.4, 0.5) is 0 Å². The van der Waals surface area contributed by atoms with Crippen LogP contribution in [0.3, 0.4) is 0 Å². The fourth-order valence-electron chi connectivity index (χ4n) is 3.30. The number of rotatable bonds is 5. The van der Waals surface area contributed by atoms with Crippen LogP contribution in [0.25, 0.3) is 11.1 Å². The molecule has 1 amide bonds. The third-order valence-corrected chi connectivity index (χ3v) is 4.78. The van der Waals surface area contributed by atoms with Crippen molar-refractivity contribution in [2.75, 3.05) is 20.2 Å². The highest BCUT2D eigenvalue weighted by Gasteiger charge is 2.23. The van der Waals surface area contributed by atoms with E-state index in [4.69, 9.17) is 10.5 Å². The Morgan fingerprint density at radius 2 is 1.83 bits per heavy atom. The van der Waals surface area contributed by atoms with E-state index in [0.717, 1.165) is 43.8 Å². The third kappa shape index (κ3) is 3.77. The van der Waals surface area contributed by atoms with Gasteiger partial charge in [-0.25, -0.2) is 0 Å². The molecule has 126 valence electrons. The summed E-state index contributed by atoms with van der Waals surface area (Å²) in [5.41, 5.74) is 8.92. The van der Waals surface area contributed by atoms with Crippen molar-refractivity contribution in [1.82, 2.24) is 4.90 Å². The van der Waals surface area contributed by atoms with Gasteiger partial charge in [-0.3, -0.25) is 9.69 Å². The van der Waals surface area contributed by atoms with Gasteiger partial charge in [-0.1, -0.05) is 42.5 Å². The lowest BCUT2D eigenvalue weighted by atomic mass is 9.95. The Labute approximate surface area is 143 Å². The number of hydrogen-bond acceptors (Lipinski definition) is 3. The Balaban J connectivity index is 1.71. The summed E-state index contributed by atoms with van der Waals surface area (Å²) in [5, 5.41) is 0. The van der Waals surface area contributed by atoms with Crippen LogP contribution in [0.5, 0.6) is 5.75 Å². The van der Waals surface area contributed by atoms with Crippen LogP contribution in [0, 0.1) is 5.92 Å². The number of primary amides is 1. The van der Waals surface area contributed by atoms with Crippen molar-refractivity contribution in [3.8, 4) is 16.9 Å². The van der Waals surface area contributed by atoms with Crippen LogP contribution >= 0.6 is 0 Å². The van der Waals surface area contributed by atoms with Gasteiger partial charge in [-0.2, -0.15) is 0 Å². The standard InChI is InChI=1S/C20H24N2O2/c1-24-19-13-17(15-5-3-2-4-6-15)7-8-18(19)14-22-11-9-16(10-12-22)20(21)23/h2-8,13,16H,9-12,14H2,1H3,(H2,21,23). The van der Waals surface area contributed by atoms with Crippen LogP contribution in [0.1, 0.15) is 18.4 Å². The second kappa shape index (κ2) is 7.49. The van der Waals surface area contributed by atoms with Gasteiger partial charge in [-0.15, -0.1) is 0 Å². The number of amides is 1. The molecule has 1 heterocycles. The topological polar surface area (TPSA) is 55.6 Å². The van der Waals surface area contributed by atoms with Crippen molar-refractivity contribution >= 4 is 5.91 Å². The van der Waals surface area contributed by atoms with Gasteiger partial charge >= 0.3 is 0 Å². The number of carbonyl (C=O) groups is 1. The molecule has 4 nitrogen and oxygen atoms in total. The Kier molecular flexibility index (Phi) is 5.16. The van der Waals surface area contributed by atoms with Gasteiger partial charge in [-0.05, 0) is 43.1 Å². The maximum Gasteiger partial charge on any atom is 0.220 e. The maximum atomic E-state index is 11.3. The van der Waals surface area contributed by atoms with E-state index in [2.05, 4.69) is 35.2 Å². The molecule has 1 saturated heterocycles. The number of ether oxygens (including phenoxy) is 1. The molecule has 0 saturated carbocycles. The van der Waals surface area contributed by atoms with Gasteiger partial charge in [0.05, 0.1) is 7.11 Å². The van der Waals surface area contributed by atoms with E-state index in [1.807, 2.05) is 18.2 Å². The SMILES string of the molecule is COc1cc(-c2ccccc2)ccc1CN1CCC(C(N)=O)CC1. The van der Waals surface area contributed by atoms with E-state index in [0.29, 0.717) is 0 Å². The Bertz CT molecular complexity index is 692. The lowest BCUT2D eigenvalue weighted by Crippen LogP contribution is -2.38. The van der Waals surface area contributed by atoms with Crippen molar-refractivity contribution in [2.24, 2.45) is 11.7 Å². The van der Waals surface area contributed by atoms with E-state index >= 15 is 0 Å². The Morgan fingerprint density at radius 3 is 2.46 bits per heavy atom. The normalized spacial score (nSPS) is 16.0. The monoisotopic (exact) mass is 324 g/mol. The van der Waals surface area contributed by atoms with E-state index in [-0.39, 0.29) is 11.8 Å². The van der Waals surface area contributed by atoms with Crippen molar-refractivity contribution in [2.45, 2.75) is 19.4 Å². The molecule has 0 unspecified atom stereocenters. The predicted molar refractivity (Wildman–Crippen MR) is 95.6 cm³/mol. The summed E-state index contributed by atoms with van der Waals surface area (Å²) in [6, 6.07) is 16.7. The third-order valence-electron chi connectivity index (χ3n) is 4.78. The van der Waals surface area contributed by atoms with Gasteiger partial charge < -0.3 is 10.5 Å². The van der Waals surface area contributed by atoms with Gasteiger partial charge in [0.15, 0.2) is 0 Å². The molecule has 3 rings (SSSR count). The van der Waals surface area contributed by atoms with E-state index in [1.54, 1.807) is 7.11 Å². The van der Waals surface area contributed by atoms with Crippen molar-refractivity contribution < 1.29 is 9.53 Å². The van der Waals surface area contributed by atoms with Gasteiger partial charge in [0.1, 0.15) is 5.75 Å². The summed E-state index contributed by atoms with van der Waals surface area (Å²) in [4.78, 5) is 13.6. The van der Waals surface area contributed by atoms with Crippen LogP contribution in [0.15, 0.2) is 48.5 Å². The van der Waals surface area contributed by atoms with Crippen LogP contribution in [-0.4, -0.2) is 31.0 Å². The number of methoxy groups -OCH3 is 1. The van der Waals surface area contributed by atoms with Gasteiger partial charge in [0, 0.05) is 18.0 Å². The highest BCUT2D eigenvalue weighted by molar-refractivity contribution is 5.76. The number of carbonyl (C=O) groups excluding carboxylic acids is 1. The highest BCUT2D eigenvalue weighted by atomic mass is 16.5. The average Bonchev–Trinajstić information content (AvgIpc) is 2.63. The second-order valence-corrected chi connectivity index (χ2v) is 6.35. The molecule has 0 aliphatic carbocycles. The number of likely N-dealkylation sites (tertiary alicyclic amines) is 1. The maximum absolute atomic E-state index is 11.3. The molecule has 1 fully saturated rings. The molecule has 1 aliphatic rings. The molecule has 4 heteroatoms. The first kappa shape index (κ1) is 16.5. The van der Waals surface area contributed by atoms with Crippen molar-refractivity contribution in [3.05, 3.63) is 54.1 Å². The number of nitrogens with two attached hydrogens (primary N) is 1. The lowest BCUT2D eigenvalue weighted by Gasteiger charge is -2.30. The highest BCUT2D eigenvalue weighted by Crippen LogP contribution is 2.29. The summed E-state index contributed by atoms with van der Waals surface area (Å²) in [6.45, 7) is 2.64. The second-order valence-electron chi connectivity index (χ2n) is 6.35. The van der Waals surface area contributed by atoms with Crippen LogP contribution in [-0.2, 0) is 11.3 Å². The summed E-state index contributed by atoms with van der Waals surface area (Å²) in [7, 11) is 1.72. The molecular formula is C20H24N2O2. The molecule has 0 bridgehead atoms. The minimum atomic E-state index is -0.167. The molecule has 2 aromatic carbocycles. The fraction of sp³-hybridized carbons (Fsp3) is 0.350. The Hall–Kier alpha value is -2.33. The average molecular weight is 324 g/mol. The van der Waals surface area contributed by atoms with Gasteiger partial charge in [0.2, 0.25) is 5.91 Å². The first-order chi connectivity index (χ1) is 11.7. The van der Waals surface area contributed by atoms with E-state index < -0.39 is 0 Å². The minimum Gasteiger partial charge on any atom is -0.496 e. The lowest BCUT2D eigenvalue weighted by molar-refractivity contribution is -0.123. The molecule has 0 aromatic heterocycles. The zero-order valence-corrected chi connectivity index (χ0v) is 14.1. The van der Waals surface area contributed by atoms with Crippen LogP contribution < -0.4 is 10.5 Å². The number of benzene rings is 2. The van der Waals surface area contributed by atoms with Crippen molar-refractivity contribution in [3.63, 3.8) is 0 Å². The summed E-state index contributed by atoms with van der Waals surface area (Å²) < 4.78 is 5.61. The smallest absolute Gasteiger partial charge is 0.220 e. The first-order valence-electron chi connectivity index (χ1n) is 8.41. The van der Waals surface area contributed by atoms with E-state index in [1.165, 1.54) is 11.1 Å². The molecule has 0 radical (unpaired) electrons. The molecular weight excluding hydrogens is 300 g/mol. The molecule has 24 heavy (non-hydrogen) atoms. The van der Waals surface area contributed by atoms with Gasteiger partial charge in [0.25, 0.3) is 0 Å².